The van der Waals surface area contributed by atoms with Crippen LogP contribution in [0.1, 0.15) is 21.7 Å². The first-order valence-electron chi connectivity index (χ1n) is 6.58. The minimum atomic E-state index is -0.544. The molecule has 2 heterocycles. The van der Waals surface area contributed by atoms with E-state index in [0.29, 0.717) is 6.54 Å². The zero-order chi connectivity index (χ0) is 15.1. The van der Waals surface area contributed by atoms with Crippen LogP contribution in [-0.2, 0) is 13.5 Å². The lowest BCUT2D eigenvalue weighted by Gasteiger charge is -2.16. The number of hydrogen-bond acceptors (Lipinski definition) is 4. The topological polar surface area (TPSA) is 81.3 Å². The Morgan fingerprint density at radius 1 is 1.38 bits per heavy atom. The second-order valence-corrected chi connectivity index (χ2v) is 5.00. The summed E-state index contributed by atoms with van der Waals surface area (Å²) in [6.07, 6.45) is 0.756. The fourth-order valence-corrected chi connectivity index (χ4v) is 2.78. The van der Waals surface area contributed by atoms with E-state index in [1.165, 1.54) is 11.6 Å². The highest BCUT2D eigenvalue weighted by molar-refractivity contribution is 6.08. The number of para-hydroxylation sites is 1. The van der Waals surface area contributed by atoms with Crippen molar-refractivity contribution < 1.29 is 9.72 Å². The molecule has 1 aromatic heterocycles. The minimum Gasteiger partial charge on any atom is -0.306 e. The number of aromatic nitrogens is 2. The minimum absolute atomic E-state index is 0.0224. The molecule has 0 bridgehead atoms. The first-order valence-corrected chi connectivity index (χ1v) is 6.58. The fourth-order valence-electron chi connectivity index (χ4n) is 2.78. The third kappa shape index (κ3) is 1.97. The van der Waals surface area contributed by atoms with E-state index in [0.717, 1.165) is 17.7 Å². The van der Waals surface area contributed by atoms with Gasteiger partial charge in [-0.25, -0.2) is 0 Å². The van der Waals surface area contributed by atoms with Gasteiger partial charge in [0.25, 0.3) is 5.91 Å². The summed E-state index contributed by atoms with van der Waals surface area (Å²) in [6.45, 7) is 2.06. The van der Waals surface area contributed by atoms with Crippen molar-refractivity contribution >= 4 is 17.3 Å². The highest BCUT2D eigenvalue weighted by Gasteiger charge is 2.34. The van der Waals surface area contributed by atoms with Crippen molar-refractivity contribution in [2.24, 2.45) is 7.05 Å². The molecule has 0 fully saturated rings. The van der Waals surface area contributed by atoms with Gasteiger partial charge in [0, 0.05) is 19.3 Å². The Bertz CT molecular complexity index is 751. The number of anilines is 1. The summed E-state index contributed by atoms with van der Waals surface area (Å²) in [5, 5.41) is 15.2. The quantitative estimate of drug-likeness (QED) is 0.623. The van der Waals surface area contributed by atoms with Gasteiger partial charge in [0.05, 0.1) is 4.92 Å². The van der Waals surface area contributed by atoms with Gasteiger partial charge in [-0.05, 0) is 25.0 Å². The van der Waals surface area contributed by atoms with Crippen LogP contribution in [0, 0.1) is 17.0 Å². The van der Waals surface area contributed by atoms with Crippen LogP contribution in [-0.4, -0.2) is 27.2 Å². The Kier molecular flexibility index (Phi) is 2.97. The molecule has 21 heavy (non-hydrogen) atoms. The maximum Gasteiger partial charge on any atom is 0.322 e. The third-order valence-corrected chi connectivity index (χ3v) is 3.71. The molecule has 0 radical (unpaired) electrons. The number of fused-ring (bicyclic) bond motifs is 1. The number of hydrogen-bond donors (Lipinski definition) is 0. The van der Waals surface area contributed by atoms with Crippen LogP contribution in [0.4, 0.5) is 11.4 Å². The van der Waals surface area contributed by atoms with Crippen LogP contribution >= 0.6 is 0 Å². The summed E-state index contributed by atoms with van der Waals surface area (Å²) in [4.78, 5) is 25.0. The van der Waals surface area contributed by atoms with Crippen molar-refractivity contribution in [1.82, 2.24) is 9.78 Å². The zero-order valence-electron chi connectivity index (χ0n) is 11.7. The van der Waals surface area contributed by atoms with Crippen molar-refractivity contribution in [3.8, 4) is 0 Å². The molecule has 0 saturated heterocycles. The van der Waals surface area contributed by atoms with Crippen LogP contribution in [0.2, 0.25) is 0 Å². The number of amides is 1. The number of aryl methyl sites for hydroxylation is 2. The number of benzene rings is 1. The van der Waals surface area contributed by atoms with Crippen molar-refractivity contribution in [3.63, 3.8) is 0 Å². The second-order valence-electron chi connectivity index (χ2n) is 5.00. The van der Waals surface area contributed by atoms with E-state index in [1.54, 1.807) is 11.9 Å². The molecule has 1 aliphatic heterocycles. The summed E-state index contributed by atoms with van der Waals surface area (Å²) >= 11 is 0. The van der Waals surface area contributed by atoms with Gasteiger partial charge in [-0.2, -0.15) is 5.10 Å². The Morgan fingerprint density at radius 3 is 2.81 bits per heavy atom. The van der Waals surface area contributed by atoms with Gasteiger partial charge in [0.1, 0.15) is 5.69 Å². The van der Waals surface area contributed by atoms with Gasteiger partial charge in [-0.1, -0.05) is 18.2 Å². The lowest BCUT2D eigenvalue weighted by Crippen LogP contribution is -2.31. The standard InChI is InChI=1S/C14H14N4O3/c1-9-12(18(20)21)13(16(2)15-9)14(19)17-8-7-10-5-3-4-6-11(10)17/h3-6H,7-8H2,1-2H3. The lowest BCUT2D eigenvalue weighted by molar-refractivity contribution is -0.385. The maximum absolute atomic E-state index is 12.7. The van der Waals surface area contributed by atoms with Crippen LogP contribution in [0.15, 0.2) is 24.3 Å². The SMILES string of the molecule is Cc1nn(C)c(C(=O)N2CCc3ccccc32)c1[N+](=O)[O-]. The second kappa shape index (κ2) is 4.69. The van der Waals surface area contributed by atoms with Gasteiger partial charge >= 0.3 is 5.69 Å². The van der Waals surface area contributed by atoms with Crippen molar-refractivity contribution in [1.29, 1.82) is 0 Å². The molecule has 1 aromatic carbocycles. The first kappa shape index (κ1) is 13.3. The largest absolute Gasteiger partial charge is 0.322 e. The highest BCUT2D eigenvalue weighted by atomic mass is 16.6. The molecular weight excluding hydrogens is 272 g/mol. The predicted molar refractivity (Wildman–Crippen MR) is 76.4 cm³/mol. The van der Waals surface area contributed by atoms with Gasteiger partial charge in [-0.15, -0.1) is 0 Å². The number of nitrogens with zero attached hydrogens (tertiary/aromatic N) is 4. The zero-order valence-corrected chi connectivity index (χ0v) is 11.7. The fraction of sp³-hybridized carbons (Fsp3) is 0.286. The Balaban J connectivity index is 2.07. The van der Waals surface area contributed by atoms with E-state index in [9.17, 15) is 14.9 Å². The van der Waals surface area contributed by atoms with Gasteiger partial charge in [-0.3, -0.25) is 19.6 Å². The lowest BCUT2D eigenvalue weighted by atomic mass is 10.2. The number of rotatable bonds is 2. The Labute approximate surface area is 120 Å². The summed E-state index contributed by atoms with van der Waals surface area (Å²) in [6, 6.07) is 7.59. The summed E-state index contributed by atoms with van der Waals surface area (Å²) < 4.78 is 1.29. The highest BCUT2D eigenvalue weighted by Crippen LogP contribution is 2.31. The summed E-state index contributed by atoms with van der Waals surface area (Å²) in [5.41, 5.74) is 1.95. The Hall–Kier alpha value is -2.70. The summed E-state index contributed by atoms with van der Waals surface area (Å²) in [7, 11) is 1.55. The molecule has 7 nitrogen and oxygen atoms in total. The number of carbonyl (C=O) groups is 1. The molecule has 2 aromatic rings. The number of carbonyl (C=O) groups excluding carboxylic acids is 1. The van der Waals surface area contributed by atoms with Crippen LogP contribution in [0.3, 0.4) is 0 Å². The first-order chi connectivity index (χ1) is 10.0. The molecule has 0 spiro atoms. The maximum atomic E-state index is 12.7. The van der Waals surface area contributed by atoms with Crippen LogP contribution < -0.4 is 4.90 Å². The van der Waals surface area contributed by atoms with E-state index < -0.39 is 4.92 Å². The molecule has 0 atom stereocenters. The van der Waals surface area contributed by atoms with Crippen molar-refractivity contribution in [2.45, 2.75) is 13.3 Å². The molecule has 108 valence electrons. The van der Waals surface area contributed by atoms with Gasteiger partial charge in [0.15, 0.2) is 0 Å². The van der Waals surface area contributed by atoms with Crippen molar-refractivity contribution in [2.75, 3.05) is 11.4 Å². The smallest absolute Gasteiger partial charge is 0.306 e. The molecule has 0 aliphatic carbocycles. The van der Waals surface area contributed by atoms with E-state index >= 15 is 0 Å². The molecule has 7 heteroatoms. The van der Waals surface area contributed by atoms with E-state index in [1.807, 2.05) is 24.3 Å². The molecule has 0 unspecified atom stereocenters. The molecule has 0 N–H and O–H groups in total. The van der Waals surface area contributed by atoms with Gasteiger partial charge in [0.2, 0.25) is 5.69 Å². The van der Waals surface area contributed by atoms with E-state index in [-0.39, 0.29) is 23.0 Å². The van der Waals surface area contributed by atoms with Crippen molar-refractivity contribution in [3.05, 3.63) is 51.3 Å². The van der Waals surface area contributed by atoms with E-state index in [2.05, 4.69) is 5.10 Å². The molecular formula is C14H14N4O3. The van der Waals surface area contributed by atoms with Crippen LogP contribution in [0.25, 0.3) is 0 Å². The predicted octanol–water partition coefficient (Wildman–Crippen LogP) is 1.84. The van der Waals surface area contributed by atoms with Crippen LogP contribution in [0.5, 0.6) is 0 Å². The normalized spacial score (nSPS) is 13.3. The summed E-state index contributed by atoms with van der Waals surface area (Å²) in [5.74, 6) is -0.380. The average molecular weight is 286 g/mol. The van der Waals surface area contributed by atoms with E-state index in [4.69, 9.17) is 0 Å². The molecule has 3 rings (SSSR count). The molecule has 1 amide bonds. The molecule has 1 aliphatic rings. The number of nitro groups is 1. The Morgan fingerprint density at radius 2 is 2.10 bits per heavy atom. The third-order valence-electron chi connectivity index (χ3n) is 3.71. The monoisotopic (exact) mass is 286 g/mol. The molecule has 0 saturated carbocycles. The van der Waals surface area contributed by atoms with Gasteiger partial charge < -0.3 is 4.90 Å². The average Bonchev–Trinajstić information content (AvgIpc) is 2.98.